The highest BCUT2D eigenvalue weighted by atomic mass is 16.3. The molecule has 0 bridgehead atoms. The minimum atomic E-state index is 0.343. The Morgan fingerprint density at radius 1 is 1.36 bits per heavy atom. The van der Waals surface area contributed by atoms with Crippen LogP contribution in [0.3, 0.4) is 0 Å². The zero-order chi connectivity index (χ0) is 9.97. The van der Waals surface area contributed by atoms with E-state index in [0.717, 1.165) is 25.2 Å². The number of benzene rings is 1. The number of hydrogen-bond acceptors (Lipinski definition) is 3. The molecule has 3 N–H and O–H groups in total. The lowest BCUT2D eigenvalue weighted by atomic mass is 10.00. The van der Waals surface area contributed by atoms with Gasteiger partial charge in [-0.05, 0) is 30.2 Å². The molecule has 1 saturated heterocycles. The first-order valence-electron chi connectivity index (χ1n) is 5.01. The Balaban J connectivity index is 2.22. The number of rotatable bonds is 1. The maximum Gasteiger partial charge on any atom is 0.115 e. The molecule has 0 saturated carbocycles. The second-order valence-corrected chi connectivity index (χ2v) is 3.75. The standard InChI is InChI=1S/C11H16N2O/c1-8-6-9(14)2-3-10(8)11-7-12-4-5-13-11/h2-3,6,11-14H,4-5,7H2,1H3/t11-/m1/s1. The van der Waals surface area contributed by atoms with E-state index in [4.69, 9.17) is 0 Å². The molecule has 1 heterocycles. The summed E-state index contributed by atoms with van der Waals surface area (Å²) in [5.74, 6) is 0.343. The van der Waals surface area contributed by atoms with Crippen molar-refractivity contribution in [3.8, 4) is 5.75 Å². The topological polar surface area (TPSA) is 44.3 Å². The Morgan fingerprint density at radius 3 is 2.86 bits per heavy atom. The average Bonchev–Trinajstić information content (AvgIpc) is 2.19. The molecular weight excluding hydrogens is 176 g/mol. The number of phenolic OH excluding ortho intramolecular Hbond substituents is 1. The largest absolute Gasteiger partial charge is 0.508 e. The van der Waals surface area contributed by atoms with Crippen LogP contribution in [-0.2, 0) is 0 Å². The van der Waals surface area contributed by atoms with E-state index in [-0.39, 0.29) is 0 Å². The van der Waals surface area contributed by atoms with E-state index in [9.17, 15) is 5.11 Å². The molecule has 1 atom stereocenters. The lowest BCUT2D eigenvalue weighted by Crippen LogP contribution is -2.42. The molecule has 1 fully saturated rings. The molecule has 1 aliphatic heterocycles. The van der Waals surface area contributed by atoms with Crippen molar-refractivity contribution in [1.29, 1.82) is 0 Å². The predicted molar refractivity (Wildman–Crippen MR) is 56.5 cm³/mol. The first-order valence-corrected chi connectivity index (χ1v) is 5.01. The van der Waals surface area contributed by atoms with Gasteiger partial charge in [-0.15, -0.1) is 0 Å². The maximum absolute atomic E-state index is 9.30. The Hall–Kier alpha value is -1.06. The van der Waals surface area contributed by atoms with E-state index >= 15 is 0 Å². The van der Waals surface area contributed by atoms with E-state index in [1.807, 2.05) is 19.1 Å². The third kappa shape index (κ3) is 1.89. The van der Waals surface area contributed by atoms with Crippen molar-refractivity contribution in [3.05, 3.63) is 29.3 Å². The molecule has 3 heteroatoms. The van der Waals surface area contributed by atoms with Gasteiger partial charge in [-0.3, -0.25) is 0 Å². The van der Waals surface area contributed by atoms with Crippen LogP contribution in [0.25, 0.3) is 0 Å². The third-order valence-electron chi connectivity index (χ3n) is 2.67. The average molecular weight is 192 g/mol. The van der Waals surface area contributed by atoms with Crippen LogP contribution in [0.1, 0.15) is 17.2 Å². The number of aryl methyl sites for hydroxylation is 1. The number of hydrogen-bond donors (Lipinski definition) is 3. The van der Waals surface area contributed by atoms with E-state index in [2.05, 4.69) is 10.6 Å². The van der Waals surface area contributed by atoms with Crippen LogP contribution in [0.2, 0.25) is 0 Å². The zero-order valence-electron chi connectivity index (χ0n) is 8.38. The van der Waals surface area contributed by atoms with Crippen LogP contribution in [0.15, 0.2) is 18.2 Å². The Labute approximate surface area is 84.1 Å². The molecule has 0 unspecified atom stereocenters. The second kappa shape index (κ2) is 3.98. The molecule has 1 aliphatic rings. The van der Waals surface area contributed by atoms with Gasteiger partial charge in [0.2, 0.25) is 0 Å². The van der Waals surface area contributed by atoms with Crippen molar-refractivity contribution >= 4 is 0 Å². The Bertz CT molecular complexity index is 319. The number of aromatic hydroxyl groups is 1. The highest BCUT2D eigenvalue weighted by Crippen LogP contribution is 2.22. The summed E-state index contributed by atoms with van der Waals surface area (Å²) in [5, 5.41) is 16.1. The molecule has 76 valence electrons. The lowest BCUT2D eigenvalue weighted by molar-refractivity contribution is 0.427. The van der Waals surface area contributed by atoms with Crippen LogP contribution in [0.4, 0.5) is 0 Å². The summed E-state index contributed by atoms with van der Waals surface area (Å²) in [4.78, 5) is 0. The fraction of sp³-hybridized carbons (Fsp3) is 0.455. The highest BCUT2D eigenvalue weighted by molar-refractivity contribution is 5.36. The zero-order valence-corrected chi connectivity index (χ0v) is 8.38. The van der Waals surface area contributed by atoms with Gasteiger partial charge in [-0.25, -0.2) is 0 Å². The molecule has 1 aromatic carbocycles. The summed E-state index contributed by atoms with van der Waals surface area (Å²) in [5.41, 5.74) is 2.42. The van der Waals surface area contributed by atoms with Gasteiger partial charge in [0.1, 0.15) is 5.75 Å². The van der Waals surface area contributed by atoms with E-state index in [1.54, 1.807) is 6.07 Å². The summed E-state index contributed by atoms with van der Waals surface area (Å²) >= 11 is 0. The minimum absolute atomic E-state index is 0.343. The Morgan fingerprint density at radius 2 is 2.21 bits per heavy atom. The summed E-state index contributed by atoms with van der Waals surface area (Å²) in [6, 6.07) is 5.93. The van der Waals surface area contributed by atoms with Gasteiger partial charge in [-0.1, -0.05) is 6.07 Å². The van der Waals surface area contributed by atoms with Crippen LogP contribution in [0, 0.1) is 6.92 Å². The Kier molecular flexibility index (Phi) is 2.70. The first kappa shape index (κ1) is 9.49. The van der Waals surface area contributed by atoms with E-state index in [0.29, 0.717) is 11.8 Å². The van der Waals surface area contributed by atoms with Crippen LogP contribution < -0.4 is 10.6 Å². The molecular formula is C11H16N2O. The maximum atomic E-state index is 9.30. The second-order valence-electron chi connectivity index (χ2n) is 3.75. The highest BCUT2D eigenvalue weighted by Gasteiger charge is 2.15. The molecule has 0 aliphatic carbocycles. The van der Waals surface area contributed by atoms with Gasteiger partial charge in [0.05, 0.1) is 0 Å². The quantitative estimate of drug-likeness (QED) is 0.620. The first-order chi connectivity index (χ1) is 6.77. The fourth-order valence-electron chi connectivity index (χ4n) is 1.92. The van der Waals surface area contributed by atoms with Crippen molar-refractivity contribution in [2.24, 2.45) is 0 Å². The molecule has 1 aromatic rings. The van der Waals surface area contributed by atoms with E-state index in [1.165, 1.54) is 5.56 Å². The normalized spacial score (nSPS) is 22.2. The smallest absolute Gasteiger partial charge is 0.115 e. The van der Waals surface area contributed by atoms with Crippen molar-refractivity contribution in [1.82, 2.24) is 10.6 Å². The molecule has 0 spiro atoms. The van der Waals surface area contributed by atoms with Gasteiger partial charge >= 0.3 is 0 Å². The van der Waals surface area contributed by atoms with Crippen LogP contribution >= 0.6 is 0 Å². The molecule has 0 amide bonds. The lowest BCUT2D eigenvalue weighted by Gasteiger charge is -2.26. The summed E-state index contributed by atoms with van der Waals surface area (Å²) in [6.45, 7) is 5.04. The van der Waals surface area contributed by atoms with Crippen molar-refractivity contribution in [2.75, 3.05) is 19.6 Å². The molecule has 0 radical (unpaired) electrons. The number of piperazine rings is 1. The van der Waals surface area contributed by atoms with Crippen LogP contribution in [-0.4, -0.2) is 24.7 Å². The number of phenols is 1. The predicted octanol–water partition coefficient (Wildman–Crippen LogP) is 0.935. The summed E-state index contributed by atoms with van der Waals surface area (Å²) < 4.78 is 0. The van der Waals surface area contributed by atoms with Gasteiger partial charge in [0.25, 0.3) is 0 Å². The van der Waals surface area contributed by atoms with E-state index < -0.39 is 0 Å². The van der Waals surface area contributed by atoms with Gasteiger partial charge in [0, 0.05) is 25.7 Å². The SMILES string of the molecule is Cc1cc(O)ccc1[C@H]1CNCCN1. The molecule has 0 aromatic heterocycles. The summed E-state index contributed by atoms with van der Waals surface area (Å²) in [6.07, 6.45) is 0. The molecule has 3 nitrogen and oxygen atoms in total. The van der Waals surface area contributed by atoms with Crippen molar-refractivity contribution < 1.29 is 5.11 Å². The van der Waals surface area contributed by atoms with Crippen molar-refractivity contribution in [2.45, 2.75) is 13.0 Å². The summed E-state index contributed by atoms with van der Waals surface area (Å²) in [7, 11) is 0. The third-order valence-corrected chi connectivity index (χ3v) is 2.67. The minimum Gasteiger partial charge on any atom is -0.508 e. The molecule has 14 heavy (non-hydrogen) atoms. The van der Waals surface area contributed by atoms with Gasteiger partial charge in [-0.2, -0.15) is 0 Å². The van der Waals surface area contributed by atoms with Crippen molar-refractivity contribution in [3.63, 3.8) is 0 Å². The van der Waals surface area contributed by atoms with Crippen LogP contribution in [0.5, 0.6) is 5.75 Å². The molecule has 2 rings (SSSR count). The van der Waals surface area contributed by atoms with Gasteiger partial charge in [0.15, 0.2) is 0 Å². The number of nitrogens with one attached hydrogen (secondary N) is 2. The fourth-order valence-corrected chi connectivity index (χ4v) is 1.92. The monoisotopic (exact) mass is 192 g/mol. The van der Waals surface area contributed by atoms with Gasteiger partial charge < -0.3 is 15.7 Å².